The number of nitrogens with one attached hydrogen (secondary N) is 1. The normalized spacial score (nSPS) is 28.1. The van der Waals surface area contributed by atoms with Crippen LogP contribution in [0.15, 0.2) is 61.2 Å². The van der Waals surface area contributed by atoms with Crippen molar-refractivity contribution in [2.24, 2.45) is 0 Å². The highest BCUT2D eigenvalue weighted by Gasteiger charge is 2.32. The summed E-state index contributed by atoms with van der Waals surface area (Å²) in [5.74, 6) is -0.210. The molecule has 5 nitrogen and oxygen atoms in total. The van der Waals surface area contributed by atoms with E-state index in [4.69, 9.17) is 0 Å². The lowest BCUT2D eigenvalue weighted by Gasteiger charge is -2.37. The fraction of sp³-hybridized carbons (Fsp3) is 0.440. The van der Waals surface area contributed by atoms with Crippen molar-refractivity contribution in [1.82, 2.24) is 20.1 Å². The second-order valence-electron chi connectivity index (χ2n) is 8.98. The van der Waals surface area contributed by atoms with E-state index in [0.717, 1.165) is 17.8 Å². The zero-order chi connectivity index (χ0) is 22.8. The van der Waals surface area contributed by atoms with Crippen molar-refractivity contribution < 1.29 is 8.78 Å². The van der Waals surface area contributed by atoms with E-state index in [-0.39, 0.29) is 23.7 Å². The third kappa shape index (κ3) is 4.92. The number of halogens is 2. The fourth-order valence-corrected chi connectivity index (χ4v) is 6.38. The SMILES string of the molecule is C[C@@H]1NC[C@@H](c2ccccc2)SC1Cc1ccc(N2CC[C@H](n3cnnc3)[C@H](F)C2)cc1F. The summed E-state index contributed by atoms with van der Waals surface area (Å²) < 4.78 is 31.7. The van der Waals surface area contributed by atoms with E-state index in [0.29, 0.717) is 30.7 Å². The van der Waals surface area contributed by atoms with Gasteiger partial charge in [0.05, 0.1) is 12.6 Å². The van der Waals surface area contributed by atoms with Gasteiger partial charge in [-0.1, -0.05) is 36.4 Å². The van der Waals surface area contributed by atoms with E-state index in [1.807, 2.05) is 34.9 Å². The molecule has 5 atom stereocenters. The molecule has 0 spiro atoms. The van der Waals surface area contributed by atoms with Gasteiger partial charge in [-0.3, -0.25) is 0 Å². The number of anilines is 1. The zero-order valence-corrected chi connectivity index (χ0v) is 19.5. The van der Waals surface area contributed by atoms with Gasteiger partial charge < -0.3 is 14.8 Å². The van der Waals surface area contributed by atoms with Gasteiger partial charge in [0.25, 0.3) is 0 Å². The van der Waals surface area contributed by atoms with Crippen LogP contribution in [-0.2, 0) is 6.42 Å². The molecule has 3 heterocycles. The Balaban J connectivity index is 1.24. The van der Waals surface area contributed by atoms with Crippen LogP contribution in [0.5, 0.6) is 0 Å². The van der Waals surface area contributed by atoms with Crippen LogP contribution in [0, 0.1) is 5.82 Å². The van der Waals surface area contributed by atoms with Crippen molar-refractivity contribution in [3.63, 3.8) is 0 Å². The molecular formula is C25H29F2N5S. The topological polar surface area (TPSA) is 46.0 Å². The summed E-state index contributed by atoms with van der Waals surface area (Å²) in [5, 5.41) is 11.8. The van der Waals surface area contributed by atoms with E-state index >= 15 is 4.39 Å². The number of aromatic nitrogens is 3. The van der Waals surface area contributed by atoms with Crippen molar-refractivity contribution in [3.05, 3.63) is 78.1 Å². The Kier molecular flexibility index (Phi) is 6.64. The molecule has 3 aromatic rings. The minimum Gasteiger partial charge on any atom is -0.368 e. The van der Waals surface area contributed by atoms with Gasteiger partial charge in [0, 0.05) is 35.3 Å². The van der Waals surface area contributed by atoms with Crippen LogP contribution in [0.3, 0.4) is 0 Å². The first-order valence-electron chi connectivity index (χ1n) is 11.5. The van der Waals surface area contributed by atoms with Crippen LogP contribution in [0.2, 0.25) is 0 Å². The van der Waals surface area contributed by atoms with Gasteiger partial charge in [0.2, 0.25) is 0 Å². The van der Waals surface area contributed by atoms with Gasteiger partial charge >= 0.3 is 0 Å². The third-order valence-corrected chi connectivity index (χ3v) is 8.53. The second kappa shape index (κ2) is 9.81. The van der Waals surface area contributed by atoms with Gasteiger partial charge in [0.1, 0.15) is 24.6 Å². The van der Waals surface area contributed by atoms with Gasteiger partial charge in [0.15, 0.2) is 0 Å². The van der Waals surface area contributed by atoms with E-state index < -0.39 is 6.17 Å². The van der Waals surface area contributed by atoms with Crippen molar-refractivity contribution in [2.75, 3.05) is 24.5 Å². The van der Waals surface area contributed by atoms with Crippen LogP contribution < -0.4 is 10.2 Å². The highest BCUT2D eigenvalue weighted by atomic mass is 32.2. The molecule has 1 N–H and O–H groups in total. The number of rotatable bonds is 5. The highest BCUT2D eigenvalue weighted by molar-refractivity contribution is 8.00. The van der Waals surface area contributed by atoms with Crippen LogP contribution in [-0.4, -0.2) is 51.9 Å². The average Bonchev–Trinajstić information content (AvgIpc) is 3.37. The van der Waals surface area contributed by atoms with Crippen molar-refractivity contribution in [3.8, 4) is 0 Å². The number of benzene rings is 2. The number of hydrogen-bond acceptors (Lipinski definition) is 5. The molecule has 33 heavy (non-hydrogen) atoms. The molecule has 0 saturated carbocycles. The number of hydrogen-bond donors (Lipinski definition) is 1. The molecule has 1 unspecified atom stereocenters. The molecule has 174 valence electrons. The van der Waals surface area contributed by atoms with E-state index in [1.54, 1.807) is 23.3 Å². The average molecular weight is 470 g/mol. The van der Waals surface area contributed by atoms with Gasteiger partial charge in [-0.25, -0.2) is 8.78 Å². The van der Waals surface area contributed by atoms with Crippen LogP contribution >= 0.6 is 11.8 Å². The lowest BCUT2D eigenvalue weighted by molar-refractivity contribution is 0.199. The Morgan fingerprint density at radius 2 is 1.91 bits per heavy atom. The van der Waals surface area contributed by atoms with Crippen LogP contribution in [0.25, 0.3) is 0 Å². The molecule has 0 amide bonds. The largest absolute Gasteiger partial charge is 0.368 e. The maximum Gasteiger partial charge on any atom is 0.138 e. The fourth-order valence-electron chi connectivity index (χ4n) is 4.85. The second-order valence-corrected chi connectivity index (χ2v) is 10.4. The van der Waals surface area contributed by atoms with E-state index in [9.17, 15) is 4.39 Å². The molecule has 2 aliphatic rings. The summed E-state index contributed by atoms with van der Waals surface area (Å²) in [6.45, 7) is 4.00. The summed E-state index contributed by atoms with van der Waals surface area (Å²) in [6.07, 6.45) is 3.35. The van der Waals surface area contributed by atoms with Gasteiger partial charge in [-0.15, -0.1) is 22.0 Å². The summed E-state index contributed by atoms with van der Waals surface area (Å²) in [7, 11) is 0. The Hall–Kier alpha value is -2.45. The lowest BCUT2D eigenvalue weighted by Crippen LogP contribution is -2.44. The first kappa shape index (κ1) is 22.3. The minimum absolute atomic E-state index is 0.210. The Morgan fingerprint density at radius 1 is 1.12 bits per heavy atom. The predicted molar refractivity (Wildman–Crippen MR) is 129 cm³/mol. The molecule has 2 aliphatic heterocycles. The van der Waals surface area contributed by atoms with Crippen LogP contribution in [0.4, 0.5) is 14.5 Å². The molecule has 2 fully saturated rings. The zero-order valence-electron chi connectivity index (χ0n) is 18.6. The Morgan fingerprint density at radius 3 is 2.64 bits per heavy atom. The molecule has 1 aromatic heterocycles. The molecule has 8 heteroatoms. The molecule has 2 saturated heterocycles. The maximum absolute atomic E-state index is 15.1. The Bertz CT molecular complexity index is 1050. The van der Waals surface area contributed by atoms with E-state index in [2.05, 4.69) is 46.7 Å². The predicted octanol–water partition coefficient (Wildman–Crippen LogP) is 4.58. The molecule has 0 aliphatic carbocycles. The highest BCUT2D eigenvalue weighted by Crippen LogP contribution is 2.38. The van der Waals surface area contributed by atoms with E-state index in [1.165, 1.54) is 5.56 Å². The first-order valence-corrected chi connectivity index (χ1v) is 12.5. The standard InChI is InChI=1S/C25H29F2N5S/c1-17-24(33-25(13-28-17)18-5-3-2-4-6-18)11-19-7-8-20(12-21(19)26)31-10-9-23(22(27)14-31)32-15-29-30-16-32/h2-8,12,15-17,22-25,28H,9-11,13-14H2,1H3/t17-,22+,23-,24?,25-/m0/s1. The maximum atomic E-state index is 15.1. The van der Waals surface area contributed by atoms with Gasteiger partial charge in [-0.2, -0.15) is 0 Å². The first-order chi connectivity index (χ1) is 16.1. The molecule has 0 radical (unpaired) electrons. The molecule has 0 bridgehead atoms. The molecule has 5 rings (SSSR count). The summed E-state index contributed by atoms with van der Waals surface area (Å²) in [6, 6.07) is 15.9. The molecule has 2 aromatic carbocycles. The number of nitrogens with zero attached hydrogens (tertiary/aromatic N) is 4. The quantitative estimate of drug-likeness (QED) is 0.593. The summed E-state index contributed by atoms with van der Waals surface area (Å²) in [4.78, 5) is 1.93. The van der Waals surface area contributed by atoms with Crippen molar-refractivity contribution >= 4 is 17.4 Å². The summed E-state index contributed by atoms with van der Waals surface area (Å²) in [5.41, 5.74) is 2.76. The monoisotopic (exact) mass is 469 g/mol. The third-order valence-electron chi connectivity index (χ3n) is 6.84. The number of thioether (sulfide) groups is 1. The van der Waals surface area contributed by atoms with Gasteiger partial charge in [-0.05, 0) is 43.0 Å². The van der Waals surface area contributed by atoms with Crippen LogP contribution in [0.1, 0.15) is 35.8 Å². The smallest absolute Gasteiger partial charge is 0.138 e. The van der Waals surface area contributed by atoms with Crippen molar-refractivity contribution in [2.45, 2.75) is 48.5 Å². The minimum atomic E-state index is -1.06. The number of alkyl halides is 1. The molecular weight excluding hydrogens is 440 g/mol. The summed E-state index contributed by atoms with van der Waals surface area (Å²) >= 11 is 1.93. The van der Waals surface area contributed by atoms with Crippen molar-refractivity contribution in [1.29, 1.82) is 0 Å². The number of piperidine rings is 1. The lowest BCUT2D eigenvalue weighted by atomic mass is 10.0. The Labute approximate surface area is 197 Å².